The molecule has 0 fully saturated rings. The number of hydrogen-bond acceptors (Lipinski definition) is 2. The first-order valence-corrected chi connectivity index (χ1v) is 7.19. The summed E-state index contributed by atoms with van der Waals surface area (Å²) in [4.78, 5) is 0. The first-order chi connectivity index (χ1) is 5.93. The van der Waals surface area contributed by atoms with Crippen LogP contribution in [0.5, 0.6) is 0 Å². The molecule has 1 unspecified atom stereocenters. The summed E-state index contributed by atoms with van der Waals surface area (Å²) in [5.41, 5.74) is 0. The summed E-state index contributed by atoms with van der Waals surface area (Å²) in [5.74, 6) is 2.11. The van der Waals surface area contributed by atoms with Crippen LogP contribution in [0.15, 0.2) is 0 Å². The molecular formula is C11H24S2. The normalized spacial score (nSPS) is 14.5. The van der Waals surface area contributed by atoms with Crippen molar-refractivity contribution in [2.24, 2.45) is 5.92 Å². The van der Waals surface area contributed by atoms with Crippen LogP contribution in [-0.2, 0) is 0 Å². The summed E-state index contributed by atoms with van der Waals surface area (Å²) in [7, 11) is 0. The van der Waals surface area contributed by atoms with Gasteiger partial charge in [0.05, 0.1) is 0 Å². The Morgan fingerprint density at radius 3 is 1.69 bits per heavy atom. The highest BCUT2D eigenvalue weighted by molar-refractivity contribution is 8.03. The van der Waals surface area contributed by atoms with E-state index in [4.69, 9.17) is 0 Å². The van der Waals surface area contributed by atoms with Crippen molar-refractivity contribution in [3.05, 3.63) is 0 Å². The molecule has 13 heavy (non-hydrogen) atoms. The van der Waals surface area contributed by atoms with E-state index in [0.29, 0.717) is 0 Å². The molecule has 0 saturated carbocycles. The molecule has 0 amide bonds. The van der Waals surface area contributed by atoms with Crippen LogP contribution in [0.3, 0.4) is 0 Å². The minimum atomic E-state index is 0.764. The van der Waals surface area contributed by atoms with E-state index < -0.39 is 0 Å². The summed E-state index contributed by atoms with van der Waals surface area (Å²) >= 11 is 4.22. The molecule has 0 heterocycles. The Bertz CT molecular complexity index is 119. The van der Waals surface area contributed by atoms with Crippen molar-refractivity contribution in [1.82, 2.24) is 0 Å². The second-order valence-electron chi connectivity index (χ2n) is 4.35. The van der Waals surface area contributed by atoms with Crippen molar-refractivity contribution in [1.29, 1.82) is 0 Å². The molecule has 80 valence electrons. The maximum absolute atomic E-state index is 2.33. The van der Waals surface area contributed by atoms with Gasteiger partial charge in [-0.1, -0.05) is 41.5 Å². The van der Waals surface area contributed by atoms with E-state index in [2.05, 4.69) is 65.1 Å². The van der Waals surface area contributed by atoms with Gasteiger partial charge in [-0.25, -0.2) is 0 Å². The van der Waals surface area contributed by atoms with Crippen molar-refractivity contribution in [3.8, 4) is 0 Å². The highest BCUT2D eigenvalue weighted by atomic mass is 32.2. The maximum atomic E-state index is 2.33. The molecule has 0 spiro atoms. The monoisotopic (exact) mass is 220 g/mol. The lowest BCUT2D eigenvalue weighted by Gasteiger charge is -2.22. The van der Waals surface area contributed by atoms with Gasteiger partial charge in [-0.3, -0.25) is 0 Å². The molecule has 0 aromatic heterocycles. The van der Waals surface area contributed by atoms with Crippen molar-refractivity contribution in [3.63, 3.8) is 0 Å². The quantitative estimate of drug-likeness (QED) is 0.655. The van der Waals surface area contributed by atoms with Gasteiger partial charge in [-0.15, -0.1) is 0 Å². The van der Waals surface area contributed by atoms with E-state index in [9.17, 15) is 0 Å². The van der Waals surface area contributed by atoms with E-state index in [1.165, 1.54) is 5.75 Å². The molecule has 0 aliphatic rings. The Hall–Kier alpha value is 0.700. The fourth-order valence-electron chi connectivity index (χ4n) is 1.03. The summed E-state index contributed by atoms with van der Waals surface area (Å²) in [5, 5.41) is 2.36. The zero-order chi connectivity index (χ0) is 10.4. The molecule has 0 radical (unpaired) electrons. The highest BCUT2D eigenvalue weighted by Crippen LogP contribution is 2.28. The molecule has 0 rings (SSSR count). The molecule has 1 atom stereocenters. The topological polar surface area (TPSA) is 0 Å². The third kappa shape index (κ3) is 7.75. The van der Waals surface area contributed by atoms with Crippen LogP contribution >= 0.6 is 23.5 Å². The van der Waals surface area contributed by atoms with Crippen molar-refractivity contribution in [2.45, 2.75) is 57.3 Å². The van der Waals surface area contributed by atoms with Gasteiger partial charge in [0.15, 0.2) is 0 Å². The number of rotatable bonds is 6. The second kappa shape index (κ2) is 7.05. The Balaban J connectivity index is 3.81. The van der Waals surface area contributed by atoms with Crippen LogP contribution in [0.4, 0.5) is 0 Å². The zero-order valence-electron chi connectivity index (χ0n) is 9.83. The fourth-order valence-corrected chi connectivity index (χ4v) is 3.55. The van der Waals surface area contributed by atoms with E-state index in [0.717, 1.165) is 21.7 Å². The summed E-state index contributed by atoms with van der Waals surface area (Å²) in [6, 6.07) is 0. The van der Waals surface area contributed by atoms with Crippen molar-refractivity contribution >= 4 is 23.5 Å². The van der Waals surface area contributed by atoms with Crippen LogP contribution in [0.25, 0.3) is 0 Å². The smallest absolute Gasteiger partial charge is 0.0163 e. The Morgan fingerprint density at radius 2 is 1.38 bits per heavy atom. The van der Waals surface area contributed by atoms with Gasteiger partial charge in [-0.2, -0.15) is 23.5 Å². The molecule has 0 N–H and O–H groups in total. The first-order valence-electron chi connectivity index (χ1n) is 5.20. The average molecular weight is 220 g/mol. The van der Waals surface area contributed by atoms with Crippen molar-refractivity contribution < 1.29 is 0 Å². The molecule has 0 saturated heterocycles. The summed E-state index contributed by atoms with van der Waals surface area (Å²) < 4.78 is 0. The van der Waals surface area contributed by atoms with Crippen LogP contribution in [0.1, 0.15) is 41.5 Å². The van der Waals surface area contributed by atoms with E-state index in [-0.39, 0.29) is 0 Å². The second-order valence-corrected chi connectivity index (χ2v) is 7.78. The predicted molar refractivity (Wildman–Crippen MR) is 68.9 cm³/mol. The van der Waals surface area contributed by atoms with Gasteiger partial charge in [0.2, 0.25) is 0 Å². The predicted octanol–water partition coefficient (Wildman–Crippen LogP) is 4.29. The van der Waals surface area contributed by atoms with Gasteiger partial charge in [-0.05, 0) is 16.4 Å². The third-order valence-corrected chi connectivity index (χ3v) is 4.82. The van der Waals surface area contributed by atoms with Crippen LogP contribution in [0.2, 0.25) is 0 Å². The lowest BCUT2D eigenvalue weighted by Crippen LogP contribution is -2.17. The average Bonchev–Trinajstić information content (AvgIpc) is 1.96. The lowest BCUT2D eigenvalue weighted by molar-refractivity contribution is 0.645. The highest BCUT2D eigenvalue weighted by Gasteiger charge is 2.15. The standard InChI is InChI=1S/C11H24S2/c1-8(2)11(13-10(5)6)7-12-9(3)4/h8-11H,7H2,1-6H3. The van der Waals surface area contributed by atoms with Gasteiger partial charge < -0.3 is 0 Å². The molecular weight excluding hydrogens is 196 g/mol. The number of thioether (sulfide) groups is 2. The maximum Gasteiger partial charge on any atom is 0.0163 e. The molecule has 0 aliphatic carbocycles. The molecule has 0 aromatic rings. The molecule has 0 aliphatic heterocycles. The number of hydrogen-bond donors (Lipinski definition) is 0. The molecule has 0 aromatic carbocycles. The minimum Gasteiger partial charge on any atom is -0.158 e. The Morgan fingerprint density at radius 1 is 0.846 bits per heavy atom. The van der Waals surface area contributed by atoms with Gasteiger partial charge >= 0.3 is 0 Å². The van der Waals surface area contributed by atoms with Gasteiger partial charge in [0.25, 0.3) is 0 Å². The Kier molecular flexibility index (Phi) is 7.43. The first kappa shape index (κ1) is 13.7. The Labute approximate surface area is 92.6 Å². The minimum absolute atomic E-state index is 0.764. The van der Waals surface area contributed by atoms with E-state index in [1.54, 1.807) is 0 Å². The van der Waals surface area contributed by atoms with E-state index >= 15 is 0 Å². The molecule has 2 heteroatoms. The van der Waals surface area contributed by atoms with Crippen LogP contribution < -0.4 is 0 Å². The largest absolute Gasteiger partial charge is 0.158 e. The van der Waals surface area contributed by atoms with Crippen LogP contribution in [0, 0.1) is 5.92 Å². The fraction of sp³-hybridized carbons (Fsp3) is 1.00. The summed E-state index contributed by atoms with van der Waals surface area (Å²) in [6.07, 6.45) is 0. The van der Waals surface area contributed by atoms with E-state index in [1.807, 2.05) is 0 Å². The zero-order valence-corrected chi connectivity index (χ0v) is 11.5. The SMILES string of the molecule is CC(C)SCC(SC(C)C)C(C)C. The molecule has 0 bridgehead atoms. The molecule has 0 nitrogen and oxygen atoms in total. The lowest BCUT2D eigenvalue weighted by atomic mass is 10.1. The van der Waals surface area contributed by atoms with Gasteiger partial charge in [0.1, 0.15) is 0 Å². The van der Waals surface area contributed by atoms with Crippen molar-refractivity contribution in [2.75, 3.05) is 5.75 Å². The van der Waals surface area contributed by atoms with Gasteiger partial charge in [0, 0.05) is 11.0 Å². The third-order valence-electron chi connectivity index (χ3n) is 1.78. The summed E-state index contributed by atoms with van der Waals surface area (Å²) in [6.45, 7) is 13.8. The van der Waals surface area contributed by atoms with Crippen LogP contribution in [-0.4, -0.2) is 21.5 Å².